The number of carbonyl (C=O) groups is 2. The number of benzene rings is 1. The topological polar surface area (TPSA) is 79.5 Å². The maximum absolute atomic E-state index is 12.3. The van der Waals surface area contributed by atoms with Gasteiger partial charge in [0, 0.05) is 26.6 Å². The van der Waals surface area contributed by atoms with Crippen LogP contribution in [0.1, 0.15) is 24.3 Å². The quantitative estimate of drug-likeness (QED) is 0.629. The molecular weight excluding hydrogens is 411 g/mol. The molecular formula is C17H18Cl2N4O3S. The van der Waals surface area contributed by atoms with Gasteiger partial charge in [-0.2, -0.15) is 0 Å². The molecule has 0 unspecified atom stereocenters. The molecule has 0 bridgehead atoms. The molecule has 1 aromatic carbocycles. The molecule has 2 heterocycles. The van der Waals surface area contributed by atoms with Gasteiger partial charge in [-0.3, -0.25) is 9.59 Å². The largest absolute Gasteiger partial charge is 0.414 e. The number of hydrogen-bond donors (Lipinski definition) is 0. The molecule has 1 aliphatic heterocycles. The maximum Gasteiger partial charge on any atom is 0.277 e. The van der Waals surface area contributed by atoms with Gasteiger partial charge in [-0.1, -0.05) is 41.0 Å². The van der Waals surface area contributed by atoms with Gasteiger partial charge in [0.05, 0.1) is 22.3 Å². The van der Waals surface area contributed by atoms with E-state index >= 15 is 0 Å². The fourth-order valence-corrected chi connectivity index (χ4v) is 3.67. The zero-order valence-electron chi connectivity index (χ0n) is 14.7. The smallest absolute Gasteiger partial charge is 0.277 e. The molecule has 27 heavy (non-hydrogen) atoms. The van der Waals surface area contributed by atoms with Crippen LogP contribution in [0.5, 0.6) is 0 Å². The second-order valence-corrected chi connectivity index (χ2v) is 7.91. The molecule has 1 fully saturated rings. The van der Waals surface area contributed by atoms with E-state index in [4.69, 9.17) is 27.6 Å². The average molecular weight is 429 g/mol. The fourth-order valence-electron chi connectivity index (χ4n) is 2.63. The van der Waals surface area contributed by atoms with Crippen LogP contribution in [0.3, 0.4) is 0 Å². The number of hydrogen-bond acceptors (Lipinski definition) is 6. The molecule has 2 amide bonds. The lowest BCUT2D eigenvalue weighted by Gasteiger charge is -2.17. The molecule has 0 radical (unpaired) electrons. The van der Waals surface area contributed by atoms with Crippen molar-refractivity contribution in [2.45, 2.75) is 31.2 Å². The van der Waals surface area contributed by atoms with Crippen LogP contribution in [0.4, 0.5) is 0 Å². The molecule has 1 aromatic heterocycles. The van der Waals surface area contributed by atoms with Crippen LogP contribution in [0.2, 0.25) is 10.0 Å². The summed E-state index contributed by atoms with van der Waals surface area (Å²) in [5, 5.41) is 9.11. The predicted molar refractivity (Wildman–Crippen MR) is 103 cm³/mol. The van der Waals surface area contributed by atoms with Crippen molar-refractivity contribution >= 4 is 46.8 Å². The van der Waals surface area contributed by atoms with Gasteiger partial charge in [0.15, 0.2) is 0 Å². The number of carbonyl (C=O) groups excluding carboxylic acids is 2. The summed E-state index contributed by atoms with van der Waals surface area (Å²) >= 11 is 13.1. The number of nitrogens with zero attached hydrogens (tertiary/aromatic N) is 4. The Morgan fingerprint density at radius 1 is 1.33 bits per heavy atom. The third-order valence-corrected chi connectivity index (χ3v) is 5.64. The van der Waals surface area contributed by atoms with E-state index in [1.165, 1.54) is 11.8 Å². The Balaban J connectivity index is 1.48. The molecule has 1 aliphatic rings. The van der Waals surface area contributed by atoms with Crippen molar-refractivity contribution in [1.82, 2.24) is 20.0 Å². The summed E-state index contributed by atoms with van der Waals surface area (Å²) in [4.78, 5) is 27.2. The van der Waals surface area contributed by atoms with Crippen molar-refractivity contribution < 1.29 is 14.0 Å². The summed E-state index contributed by atoms with van der Waals surface area (Å²) in [6, 6.07) is 5.27. The lowest BCUT2D eigenvalue weighted by Crippen LogP contribution is -2.27. The summed E-state index contributed by atoms with van der Waals surface area (Å²) in [6.07, 6.45) is 1.42. The van der Waals surface area contributed by atoms with Gasteiger partial charge in [-0.05, 0) is 24.1 Å². The van der Waals surface area contributed by atoms with Crippen LogP contribution < -0.4 is 0 Å². The van der Waals surface area contributed by atoms with E-state index in [9.17, 15) is 9.59 Å². The normalized spacial score (nSPS) is 14.0. The zero-order chi connectivity index (χ0) is 19.4. The van der Waals surface area contributed by atoms with Gasteiger partial charge in [0.25, 0.3) is 5.22 Å². The van der Waals surface area contributed by atoms with E-state index < -0.39 is 0 Å². The lowest BCUT2D eigenvalue weighted by molar-refractivity contribution is -0.128. The van der Waals surface area contributed by atoms with Crippen LogP contribution in [-0.2, 0) is 22.7 Å². The number of likely N-dealkylation sites (tertiary alicyclic amines) is 1. The molecule has 0 saturated carbocycles. The van der Waals surface area contributed by atoms with Crippen LogP contribution in [0.25, 0.3) is 0 Å². The monoisotopic (exact) mass is 428 g/mol. The third-order valence-electron chi connectivity index (χ3n) is 4.09. The molecule has 0 spiro atoms. The van der Waals surface area contributed by atoms with E-state index in [0.717, 1.165) is 12.0 Å². The zero-order valence-corrected chi connectivity index (χ0v) is 17.0. The summed E-state index contributed by atoms with van der Waals surface area (Å²) in [6.45, 7) is 1.45. The van der Waals surface area contributed by atoms with Crippen LogP contribution >= 0.6 is 35.0 Å². The first-order valence-electron chi connectivity index (χ1n) is 8.33. The highest BCUT2D eigenvalue weighted by Crippen LogP contribution is 2.24. The van der Waals surface area contributed by atoms with Crippen molar-refractivity contribution in [3.8, 4) is 0 Å². The van der Waals surface area contributed by atoms with E-state index in [0.29, 0.717) is 47.2 Å². The van der Waals surface area contributed by atoms with Crippen LogP contribution in [0.15, 0.2) is 27.8 Å². The summed E-state index contributed by atoms with van der Waals surface area (Å²) in [5.74, 6) is 0.564. The Bertz CT molecular complexity index is 845. The molecule has 0 atom stereocenters. The average Bonchev–Trinajstić information content (AvgIpc) is 3.25. The molecule has 2 aromatic rings. The number of amides is 2. The maximum atomic E-state index is 12.3. The van der Waals surface area contributed by atoms with Crippen LogP contribution in [0, 0.1) is 0 Å². The predicted octanol–water partition coefficient (Wildman–Crippen LogP) is 3.25. The molecule has 3 rings (SSSR count). The summed E-state index contributed by atoms with van der Waals surface area (Å²) in [5.41, 5.74) is 0.889. The number of halogens is 2. The van der Waals surface area contributed by atoms with Crippen LogP contribution in [-0.4, -0.2) is 51.2 Å². The Hall–Kier alpha value is -1.77. The first kappa shape index (κ1) is 20.0. The van der Waals surface area contributed by atoms with Gasteiger partial charge >= 0.3 is 0 Å². The van der Waals surface area contributed by atoms with Gasteiger partial charge in [-0.15, -0.1) is 10.2 Å². The van der Waals surface area contributed by atoms with Gasteiger partial charge in [0.1, 0.15) is 0 Å². The number of thioether (sulfide) groups is 1. The third kappa shape index (κ3) is 5.37. The minimum absolute atomic E-state index is 0.0828. The van der Waals surface area contributed by atoms with Crippen molar-refractivity contribution in [1.29, 1.82) is 0 Å². The Morgan fingerprint density at radius 2 is 2.15 bits per heavy atom. The Morgan fingerprint density at radius 3 is 2.85 bits per heavy atom. The Labute approximate surface area is 171 Å². The van der Waals surface area contributed by atoms with Gasteiger partial charge in [0.2, 0.25) is 17.7 Å². The summed E-state index contributed by atoms with van der Waals surface area (Å²) < 4.78 is 5.52. The van der Waals surface area contributed by atoms with E-state index in [1.807, 2.05) is 6.07 Å². The highest BCUT2D eigenvalue weighted by atomic mass is 35.5. The SMILES string of the molecule is CN(Cc1ccc(Cl)c(Cl)c1)C(=O)CSc1nnc(CN2CCCC2=O)o1. The van der Waals surface area contributed by atoms with Gasteiger partial charge < -0.3 is 14.2 Å². The fraction of sp³-hybridized carbons (Fsp3) is 0.412. The van der Waals surface area contributed by atoms with E-state index in [-0.39, 0.29) is 17.6 Å². The second-order valence-electron chi connectivity index (χ2n) is 6.17. The molecule has 7 nitrogen and oxygen atoms in total. The van der Waals surface area contributed by atoms with Gasteiger partial charge in [-0.25, -0.2) is 0 Å². The number of aromatic nitrogens is 2. The number of rotatable bonds is 7. The first-order valence-corrected chi connectivity index (χ1v) is 10.1. The van der Waals surface area contributed by atoms with Crippen molar-refractivity contribution in [3.05, 3.63) is 39.7 Å². The van der Waals surface area contributed by atoms with Crippen molar-refractivity contribution in [3.63, 3.8) is 0 Å². The van der Waals surface area contributed by atoms with E-state index in [1.54, 1.807) is 29.0 Å². The molecule has 0 N–H and O–H groups in total. The lowest BCUT2D eigenvalue weighted by atomic mass is 10.2. The molecule has 1 saturated heterocycles. The molecule has 144 valence electrons. The summed E-state index contributed by atoms with van der Waals surface area (Å²) in [7, 11) is 1.71. The highest BCUT2D eigenvalue weighted by Gasteiger charge is 2.22. The second kappa shape index (κ2) is 8.95. The minimum Gasteiger partial charge on any atom is -0.414 e. The minimum atomic E-state index is -0.0828. The van der Waals surface area contributed by atoms with E-state index in [2.05, 4.69) is 10.2 Å². The molecule has 0 aliphatic carbocycles. The molecule has 10 heteroatoms. The van der Waals surface area contributed by atoms with Crippen molar-refractivity contribution in [2.75, 3.05) is 19.3 Å². The standard InChI is InChI=1S/C17H18Cl2N4O3S/c1-22(8-11-4-5-12(18)13(19)7-11)16(25)10-27-17-21-20-14(26-17)9-23-6-2-3-15(23)24/h4-5,7H,2-3,6,8-10H2,1H3. The first-order chi connectivity index (χ1) is 12.9. The Kier molecular flexibility index (Phi) is 6.62. The van der Waals surface area contributed by atoms with Crippen molar-refractivity contribution in [2.24, 2.45) is 0 Å². The highest BCUT2D eigenvalue weighted by molar-refractivity contribution is 7.99.